The van der Waals surface area contributed by atoms with Crippen molar-refractivity contribution < 1.29 is 9.21 Å². The molecule has 0 saturated heterocycles. The third-order valence-electron chi connectivity index (χ3n) is 2.82. The number of thiazole rings is 1. The van der Waals surface area contributed by atoms with E-state index in [-0.39, 0.29) is 5.76 Å². The zero-order valence-corrected chi connectivity index (χ0v) is 13.1. The molecule has 4 nitrogen and oxygen atoms in total. The zero-order valence-electron chi connectivity index (χ0n) is 10.7. The van der Waals surface area contributed by atoms with Crippen LogP contribution in [0.2, 0.25) is 0 Å². The molecule has 0 unspecified atom stereocenters. The lowest BCUT2D eigenvalue weighted by Crippen LogP contribution is -2.16. The molecule has 0 aliphatic heterocycles. The van der Waals surface area contributed by atoms with Crippen molar-refractivity contribution in [3.05, 3.63) is 51.6 Å². The fourth-order valence-corrected chi connectivity index (χ4v) is 3.50. The van der Waals surface area contributed by atoms with Crippen LogP contribution >= 0.6 is 27.3 Å². The number of benzene rings is 1. The second-order valence-corrected chi connectivity index (χ2v) is 6.11. The van der Waals surface area contributed by atoms with Crippen LogP contribution in [0.3, 0.4) is 0 Å². The number of carbonyl (C=O) groups excluding carboxylic acids is 1. The second-order valence-electron chi connectivity index (χ2n) is 4.18. The van der Waals surface area contributed by atoms with E-state index in [0.29, 0.717) is 11.3 Å². The number of nitrogens with zero attached hydrogens (tertiary/aromatic N) is 2. The van der Waals surface area contributed by atoms with Crippen LogP contribution in [0.25, 0.3) is 10.2 Å². The van der Waals surface area contributed by atoms with Crippen molar-refractivity contribution in [1.82, 2.24) is 4.57 Å². The van der Waals surface area contributed by atoms with Crippen LogP contribution in [-0.2, 0) is 6.54 Å². The van der Waals surface area contributed by atoms with Gasteiger partial charge in [-0.2, -0.15) is 4.99 Å². The first-order valence-corrected chi connectivity index (χ1v) is 7.65. The van der Waals surface area contributed by atoms with Crippen molar-refractivity contribution in [3.63, 3.8) is 0 Å². The smallest absolute Gasteiger partial charge is 0.315 e. The standard InChI is InChI=1S/C15H9BrN2O2S/c1-2-7-18-11-6-5-10(16)9-13(11)21-15(18)17-14(19)12-4-3-8-20-12/h1,3-6,8-9H,7H2. The molecular formula is C15H9BrN2O2S. The van der Waals surface area contributed by atoms with Crippen LogP contribution in [-0.4, -0.2) is 10.5 Å². The molecule has 0 fully saturated rings. The highest BCUT2D eigenvalue weighted by Crippen LogP contribution is 2.22. The predicted molar refractivity (Wildman–Crippen MR) is 84.9 cm³/mol. The van der Waals surface area contributed by atoms with Crippen molar-refractivity contribution in [2.24, 2.45) is 4.99 Å². The molecule has 104 valence electrons. The summed E-state index contributed by atoms with van der Waals surface area (Å²) < 4.78 is 8.88. The molecule has 3 rings (SSSR count). The maximum atomic E-state index is 12.0. The van der Waals surface area contributed by atoms with E-state index in [0.717, 1.165) is 14.7 Å². The number of rotatable bonds is 2. The molecule has 3 aromatic rings. The van der Waals surface area contributed by atoms with Gasteiger partial charge in [-0.1, -0.05) is 33.2 Å². The molecule has 1 aromatic carbocycles. The van der Waals surface area contributed by atoms with Gasteiger partial charge < -0.3 is 8.98 Å². The number of carbonyl (C=O) groups is 1. The van der Waals surface area contributed by atoms with Crippen LogP contribution in [0.15, 0.2) is 50.5 Å². The van der Waals surface area contributed by atoms with Gasteiger partial charge in [0.1, 0.15) is 0 Å². The Labute approximate surface area is 132 Å². The molecule has 0 N–H and O–H groups in total. The van der Waals surface area contributed by atoms with Gasteiger partial charge in [0.15, 0.2) is 10.6 Å². The summed E-state index contributed by atoms with van der Waals surface area (Å²) in [6.45, 7) is 0.353. The maximum Gasteiger partial charge on any atom is 0.315 e. The first kappa shape index (κ1) is 13.9. The van der Waals surface area contributed by atoms with Gasteiger partial charge in [0.2, 0.25) is 0 Å². The lowest BCUT2D eigenvalue weighted by Gasteiger charge is -1.99. The Bertz CT molecular complexity index is 913. The minimum Gasteiger partial charge on any atom is -0.459 e. The summed E-state index contributed by atoms with van der Waals surface area (Å²) in [5.74, 6) is 2.38. The Balaban J connectivity index is 2.19. The lowest BCUT2D eigenvalue weighted by molar-refractivity contribution is 0.0971. The number of terminal acetylenes is 1. The third-order valence-corrected chi connectivity index (χ3v) is 4.36. The van der Waals surface area contributed by atoms with Crippen molar-refractivity contribution in [1.29, 1.82) is 0 Å². The molecule has 0 atom stereocenters. The van der Waals surface area contributed by atoms with Crippen molar-refractivity contribution in [2.45, 2.75) is 6.54 Å². The summed E-state index contributed by atoms with van der Waals surface area (Å²) in [5, 5.41) is 0. The molecule has 1 amide bonds. The van der Waals surface area contributed by atoms with Crippen molar-refractivity contribution >= 4 is 43.4 Å². The number of halogens is 1. The first-order chi connectivity index (χ1) is 10.2. The van der Waals surface area contributed by atoms with Gasteiger partial charge in [-0.15, -0.1) is 6.42 Å². The Kier molecular flexibility index (Phi) is 3.78. The van der Waals surface area contributed by atoms with Crippen molar-refractivity contribution in [3.8, 4) is 12.3 Å². The average molecular weight is 361 g/mol. The Hall–Kier alpha value is -2.10. The lowest BCUT2D eigenvalue weighted by atomic mass is 10.3. The summed E-state index contributed by atoms with van der Waals surface area (Å²) in [4.78, 5) is 16.7. The van der Waals surface area contributed by atoms with Gasteiger partial charge in [0, 0.05) is 4.47 Å². The van der Waals surface area contributed by atoms with E-state index in [1.165, 1.54) is 17.6 Å². The van der Waals surface area contributed by atoms with E-state index in [1.54, 1.807) is 12.1 Å². The highest BCUT2D eigenvalue weighted by atomic mass is 79.9. The topological polar surface area (TPSA) is 47.5 Å². The van der Waals surface area contributed by atoms with Crippen LogP contribution in [0.5, 0.6) is 0 Å². The summed E-state index contributed by atoms with van der Waals surface area (Å²) in [7, 11) is 0. The molecule has 2 aromatic heterocycles. The van der Waals surface area contributed by atoms with Crippen LogP contribution < -0.4 is 4.80 Å². The number of aromatic nitrogens is 1. The summed E-state index contributed by atoms with van der Waals surface area (Å²) in [5.41, 5.74) is 0.951. The minimum absolute atomic E-state index is 0.209. The van der Waals surface area contributed by atoms with E-state index in [9.17, 15) is 4.79 Å². The maximum absolute atomic E-state index is 12.0. The molecule has 0 saturated carbocycles. The molecule has 2 heterocycles. The van der Waals surface area contributed by atoms with Gasteiger partial charge in [-0.3, -0.25) is 4.79 Å². The average Bonchev–Trinajstić information content (AvgIpc) is 3.08. The molecule has 0 spiro atoms. The van der Waals surface area contributed by atoms with E-state index in [4.69, 9.17) is 10.8 Å². The minimum atomic E-state index is -0.420. The summed E-state index contributed by atoms with van der Waals surface area (Å²) >= 11 is 4.84. The molecular weight excluding hydrogens is 352 g/mol. The number of hydrogen-bond acceptors (Lipinski definition) is 3. The van der Waals surface area contributed by atoms with Gasteiger partial charge in [0.25, 0.3) is 0 Å². The van der Waals surface area contributed by atoms with E-state index in [2.05, 4.69) is 26.8 Å². The highest BCUT2D eigenvalue weighted by molar-refractivity contribution is 9.10. The predicted octanol–water partition coefficient (Wildman–Crippen LogP) is 3.43. The molecule has 0 radical (unpaired) electrons. The highest BCUT2D eigenvalue weighted by Gasteiger charge is 2.10. The molecule has 21 heavy (non-hydrogen) atoms. The van der Waals surface area contributed by atoms with E-state index < -0.39 is 5.91 Å². The second kappa shape index (κ2) is 5.72. The largest absolute Gasteiger partial charge is 0.459 e. The number of fused-ring (bicyclic) bond motifs is 1. The van der Waals surface area contributed by atoms with Crippen molar-refractivity contribution in [2.75, 3.05) is 0 Å². The van der Waals surface area contributed by atoms with Gasteiger partial charge >= 0.3 is 5.91 Å². The molecule has 0 aliphatic rings. The van der Waals surface area contributed by atoms with E-state index in [1.807, 2.05) is 22.8 Å². The van der Waals surface area contributed by atoms with Crippen LogP contribution in [0.4, 0.5) is 0 Å². The quantitative estimate of drug-likeness (QED) is 0.657. The van der Waals surface area contributed by atoms with Gasteiger partial charge in [-0.25, -0.2) is 0 Å². The van der Waals surface area contributed by atoms with E-state index >= 15 is 0 Å². The Morgan fingerprint density at radius 1 is 1.48 bits per heavy atom. The normalized spacial score (nSPS) is 11.7. The summed E-state index contributed by atoms with van der Waals surface area (Å²) in [6, 6.07) is 9.09. The number of furan rings is 1. The fraction of sp³-hybridized carbons (Fsp3) is 0.0667. The summed E-state index contributed by atoms with van der Waals surface area (Å²) in [6.07, 6.45) is 6.86. The number of amides is 1. The SMILES string of the molecule is C#CCn1c(=NC(=O)c2ccco2)sc2cc(Br)ccc21. The van der Waals surface area contributed by atoms with Gasteiger partial charge in [-0.05, 0) is 30.3 Å². The Morgan fingerprint density at radius 2 is 2.33 bits per heavy atom. The third kappa shape index (κ3) is 2.71. The first-order valence-electron chi connectivity index (χ1n) is 6.04. The fourth-order valence-electron chi connectivity index (χ4n) is 1.92. The zero-order chi connectivity index (χ0) is 14.8. The molecule has 6 heteroatoms. The number of hydrogen-bond donors (Lipinski definition) is 0. The van der Waals surface area contributed by atoms with Crippen LogP contribution in [0.1, 0.15) is 10.6 Å². The molecule has 0 aliphatic carbocycles. The Morgan fingerprint density at radius 3 is 3.05 bits per heavy atom. The van der Waals surface area contributed by atoms with Crippen LogP contribution in [0, 0.1) is 12.3 Å². The van der Waals surface area contributed by atoms with Gasteiger partial charge in [0.05, 0.1) is 23.0 Å². The monoisotopic (exact) mass is 360 g/mol. The molecule has 0 bridgehead atoms.